The minimum atomic E-state index is -0.510. The summed E-state index contributed by atoms with van der Waals surface area (Å²) < 4.78 is 7.61. The normalized spacial score (nSPS) is 10.5. The molecule has 0 saturated carbocycles. The molecule has 3 N–H and O–H groups in total. The van der Waals surface area contributed by atoms with Gasteiger partial charge in [0, 0.05) is 16.2 Å². The van der Waals surface area contributed by atoms with E-state index in [1.54, 1.807) is 25.3 Å². The molecule has 2 rings (SSSR count). The van der Waals surface area contributed by atoms with Gasteiger partial charge in [-0.05, 0) is 41.1 Å². The molecule has 0 aliphatic heterocycles. The summed E-state index contributed by atoms with van der Waals surface area (Å²) in [5.74, 6) is 5.11. The molecule has 0 aliphatic rings. The molecule has 0 bridgehead atoms. The van der Waals surface area contributed by atoms with Crippen molar-refractivity contribution in [2.24, 2.45) is 5.84 Å². The number of hydrogen-bond donors (Lipinski definition) is 2. The Morgan fingerprint density at radius 2 is 2.26 bits per heavy atom. The second kappa shape index (κ2) is 5.41. The van der Waals surface area contributed by atoms with Gasteiger partial charge in [-0.25, -0.2) is 5.84 Å². The van der Waals surface area contributed by atoms with Crippen molar-refractivity contribution in [3.05, 3.63) is 56.3 Å². The number of nitrogens with two attached hydrogens (primary N) is 1. The van der Waals surface area contributed by atoms with Crippen molar-refractivity contribution in [1.29, 1.82) is 0 Å². The fraction of sp³-hybridized carbons (Fsp3) is 0.167. The van der Waals surface area contributed by atoms with Crippen LogP contribution in [0.15, 0.2) is 38.1 Å². The fourth-order valence-electron chi connectivity index (χ4n) is 1.68. The Labute approximate surface area is 117 Å². The highest BCUT2D eigenvalue weighted by Gasteiger charge is 2.11. The summed E-state index contributed by atoms with van der Waals surface area (Å²) in [5, 5.41) is 0. The van der Waals surface area contributed by atoms with Gasteiger partial charge in [-0.1, -0.05) is 0 Å². The number of aryl methyl sites for hydroxylation is 1. The molecular formula is C12H12BrN3O3. The highest BCUT2D eigenvalue weighted by molar-refractivity contribution is 9.10. The van der Waals surface area contributed by atoms with E-state index in [-0.39, 0.29) is 17.9 Å². The number of rotatable bonds is 3. The number of nitrogens with one attached hydrogen (secondary N) is 1. The zero-order valence-corrected chi connectivity index (χ0v) is 11.7. The summed E-state index contributed by atoms with van der Waals surface area (Å²) in [4.78, 5) is 23.2. The second-order valence-corrected chi connectivity index (χ2v) is 4.93. The Kier molecular flexibility index (Phi) is 3.87. The van der Waals surface area contributed by atoms with Crippen LogP contribution in [-0.4, -0.2) is 10.5 Å². The van der Waals surface area contributed by atoms with Crippen LogP contribution in [0.1, 0.15) is 21.9 Å². The number of hydrogen-bond acceptors (Lipinski definition) is 4. The Morgan fingerprint density at radius 1 is 1.53 bits per heavy atom. The molecule has 0 unspecified atom stereocenters. The van der Waals surface area contributed by atoms with Crippen molar-refractivity contribution < 1.29 is 9.21 Å². The second-order valence-electron chi connectivity index (χ2n) is 4.01. The lowest BCUT2D eigenvalue weighted by Crippen LogP contribution is -2.29. The number of carbonyl (C=O) groups excluding carboxylic acids is 1. The van der Waals surface area contributed by atoms with Gasteiger partial charge in [-0.15, -0.1) is 0 Å². The third-order valence-electron chi connectivity index (χ3n) is 2.57. The summed E-state index contributed by atoms with van der Waals surface area (Å²) in [6.45, 7) is 1.98. The minimum Gasteiger partial charge on any atom is -0.454 e. The zero-order chi connectivity index (χ0) is 14.0. The topological polar surface area (TPSA) is 90.3 Å². The van der Waals surface area contributed by atoms with E-state index in [9.17, 15) is 9.59 Å². The Hall–Kier alpha value is -1.86. The highest BCUT2D eigenvalue weighted by Crippen LogP contribution is 2.12. The van der Waals surface area contributed by atoms with E-state index >= 15 is 0 Å². The summed E-state index contributed by atoms with van der Waals surface area (Å²) in [5.41, 5.74) is 2.50. The van der Waals surface area contributed by atoms with Gasteiger partial charge >= 0.3 is 5.91 Å². The number of halogens is 1. The van der Waals surface area contributed by atoms with Crippen LogP contribution < -0.4 is 16.8 Å². The Bertz CT molecular complexity index is 675. The van der Waals surface area contributed by atoms with Gasteiger partial charge in [0.15, 0.2) is 5.76 Å². The van der Waals surface area contributed by atoms with Crippen LogP contribution in [0.5, 0.6) is 0 Å². The van der Waals surface area contributed by atoms with E-state index in [1.165, 1.54) is 10.6 Å². The molecular weight excluding hydrogens is 314 g/mol. The predicted molar refractivity (Wildman–Crippen MR) is 72.6 cm³/mol. The van der Waals surface area contributed by atoms with Crippen LogP contribution in [0.4, 0.5) is 0 Å². The SMILES string of the molecule is Cc1cc(Br)cn(Cc2ccc(C(=O)NN)o2)c1=O. The maximum Gasteiger partial charge on any atom is 0.300 e. The first kappa shape index (κ1) is 13.6. The van der Waals surface area contributed by atoms with Crippen LogP contribution in [0.25, 0.3) is 0 Å². The van der Waals surface area contributed by atoms with Gasteiger partial charge in [0.2, 0.25) is 0 Å². The Morgan fingerprint density at radius 3 is 2.95 bits per heavy atom. The lowest BCUT2D eigenvalue weighted by molar-refractivity contribution is 0.0924. The van der Waals surface area contributed by atoms with Gasteiger partial charge in [0.05, 0.1) is 6.54 Å². The molecule has 100 valence electrons. The first-order valence-corrected chi connectivity index (χ1v) is 6.27. The van der Waals surface area contributed by atoms with Crippen molar-refractivity contribution in [3.63, 3.8) is 0 Å². The van der Waals surface area contributed by atoms with Gasteiger partial charge in [0.1, 0.15) is 5.76 Å². The Balaban J connectivity index is 2.29. The predicted octanol–water partition coefficient (Wildman–Crippen LogP) is 1.16. The van der Waals surface area contributed by atoms with E-state index < -0.39 is 5.91 Å². The molecule has 0 saturated heterocycles. The number of nitrogen functional groups attached to an aromatic ring is 1. The zero-order valence-electron chi connectivity index (χ0n) is 10.1. The van der Waals surface area contributed by atoms with E-state index in [1.807, 2.05) is 5.43 Å². The first-order chi connectivity index (χ1) is 9.01. The summed E-state index contributed by atoms with van der Waals surface area (Å²) in [6.07, 6.45) is 1.67. The lowest BCUT2D eigenvalue weighted by atomic mass is 10.3. The quantitative estimate of drug-likeness (QED) is 0.503. The molecule has 2 heterocycles. The number of hydrazine groups is 1. The minimum absolute atomic E-state index is 0.107. The monoisotopic (exact) mass is 325 g/mol. The molecule has 0 spiro atoms. The molecule has 2 aromatic rings. The van der Waals surface area contributed by atoms with Crippen LogP contribution in [-0.2, 0) is 6.54 Å². The van der Waals surface area contributed by atoms with Crippen LogP contribution in [0, 0.1) is 6.92 Å². The standard InChI is InChI=1S/C12H12BrN3O3/c1-7-4-8(13)5-16(12(7)18)6-9-2-3-10(19-9)11(17)15-14/h2-5H,6,14H2,1H3,(H,15,17). The molecule has 19 heavy (non-hydrogen) atoms. The molecule has 7 heteroatoms. The van der Waals surface area contributed by atoms with Gasteiger partial charge < -0.3 is 8.98 Å². The number of nitrogens with zero attached hydrogens (tertiary/aromatic N) is 1. The maximum atomic E-state index is 11.9. The third kappa shape index (κ3) is 2.94. The van der Waals surface area contributed by atoms with Gasteiger partial charge in [0.25, 0.3) is 5.56 Å². The molecule has 0 radical (unpaired) electrons. The fourth-order valence-corrected chi connectivity index (χ4v) is 2.27. The number of pyridine rings is 1. The lowest BCUT2D eigenvalue weighted by Gasteiger charge is -2.05. The van der Waals surface area contributed by atoms with E-state index in [4.69, 9.17) is 10.3 Å². The molecule has 0 aromatic carbocycles. The van der Waals surface area contributed by atoms with Crippen LogP contribution in [0.3, 0.4) is 0 Å². The average Bonchev–Trinajstić information content (AvgIpc) is 2.83. The van der Waals surface area contributed by atoms with Gasteiger partial charge in [-0.3, -0.25) is 15.0 Å². The molecule has 0 fully saturated rings. The highest BCUT2D eigenvalue weighted by atomic mass is 79.9. The summed E-state index contributed by atoms with van der Waals surface area (Å²) in [6, 6.07) is 4.88. The first-order valence-electron chi connectivity index (χ1n) is 5.47. The third-order valence-corrected chi connectivity index (χ3v) is 3.01. The number of amides is 1. The van der Waals surface area contributed by atoms with E-state index in [0.29, 0.717) is 11.3 Å². The summed E-state index contributed by atoms with van der Waals surface area (Å²) >= 11 is 3.33. The average molecular weight is 326 g/mol. The van der Waals surface area contributed by atoms with Crippen molar-refractivity contribution in [1.82, 2.24) is 9.99 Å². The maximum absolute atomic E-state index is 11.9. The smallest absolute Gasteiger partial charge is 0.300 e. The molecule has 0 atom stereocenters. The summed E-state index contributed by atoms with van der Waals surface area (Å²) in [7, 11) is 0. The van der Waals surface area contributed by atoms with Crippen molar-refractivity contribution in [2.45, 2.75) is 13.5 Å². The van der Waals surface area contributed by atoms with Crippen molar-refractivity contribution in [3.8, 4) is 0 Å². The number of aromatic nitrogens is 1. The molecule has 2 aromatic heterocycles. The van der Waals surface area contributed by atoms with E-state index in [0.717, 1.165) is 4.47 Å². The largest absolute Gasteiger partial charge is 0.454 e. The van der Waals surface area contributed by atoms with Crippen molar-refractivity contribution in [2.75, 3.05) is 0 Å². The molecule has 0 aliphatic carbocycles. The van der Waals surface area contributed by atoms with E-state index in [2.05, 4.69) is 15.9 Å². The molecule has 1 amide bonds. The van der Waals surface area contributed by atoms with Crippen LogP contribution in [0.2, 0.25) is 0 Å². The van der Waals surface area contributed by atoms with Crippen LogP contribution >= 0.6 is 15.9 Å². The number of furan rings is 1. The van der Waals surface area contributed by atoms with Crippen molar-refractivity contribution >= 4 is 21.8 Å². The number of carbonyl (C=O) groups is 1. The van der Waals surface area contributed by atoms with Gasteiger partial charge in [-0.2, -0.15) is 0 Å². The molecule has 6 nitrogen and oxygen atoms in total.